The molecule has 0 aliphatic carbocycles. The van der Waals surface area contributed by atoms with Gasteiger partial charge >= 0.3 is 5.69 Å². The van der Waals surface area contributed by atoms with Crippen molar-refractivity contribution in [3.63, 3.8) is 0 Å². The van der Waals surface area contributed by atoms with Crippen LogP contribution in [0.4, 0.5) is 11.4 Å². The number of amides is 1. The summed E-state index contributed by atoms with van der Waals surface area (Å²) in [6, 6.07) is 8.14. The van der Waals surface area contributed by atoms with Gasteiger partial charge in [-0.3, -0.25) is 25.0 Å². The van der Waals surface area contributed by atoms with E-state index in [1.807, 2.05) is 28.7 Å². The monoisotopic (exact) mass is 754 g/mol. The highest BCUT2D eigenvalue weighted by Crippen LogP contribution is 2.41. The van der Waals surface area contributed by atoms with Gasteiger partial charge in [0.05, 0.1) is 45.1 Å². The molecule has 1 aromatic heterocycles. The number of aromatic nitrogens is 1. The van der Waals surface area contributed by atoms with Crippen molar-refractivity contribution in [2.24, 2.45) is 5.10 Å². The zero-order valence-electron chi connectivity index (χ0n) is 22.0. The highest BCUT2D eigenvalue weighted by atomic mass is 127. The smallest absolute Gasteiger partial charge is 0.318 e. The van der Waals surface area contributed by atoms with E-state index in [1.165, 1.54) is 26.5 Å². The molecule has 0 bridgehead atoms. The molecule has 17 heteroatoms. The molecule has 3 aromatic rings. The Kier molecular flexibility index (Phi) is 11.1. The Morgan fingerprint density at radius 1 is 1.21 bits per heavy atom. The van der Waals surface area contributed by atoms with Crippen LogP contribution in [0.3, 0.4) is 0 Å². The molecule has 0 spiro atoms. The van der Waals surface area contributed by atoms with E-state index in [0.29, 0.717) is 24.9 Å². The number of rotatable bonds is 12. The maximum absolute atomic E-state index is 12.3. The zero-order valence-corrected chi connectivity index (χ0v) is 25.8. The van der Waals surface area contributed by atoms with Crippen LogP contribution in [0.2, 0.25) is 0 Å². The molecule has 0 aliphatic heterocycles. The minimum atomic E-state index is -0.789. The third-order valence-electron chi connectivity index (χ3n) is 5.32. The largest absolute Gasteiger partial charge is 0.493 e. The van der Waals surface area contributed by atoms with Crippen molar-refractivity contribution in [2.45, 2.75) is 13.5 Å². The molecule has 1 amide bonds. The second kappa shape index (κ2) is 14.5. The molecule has 0 saturated heterocycles. The van der Waals surface area contributed by atoms with Crippen LogP contribution in [-0.4, -0.2) is 47.8 Å². The number of nitriles is 1. The molecule has 2 aromatic carbocycles. The van der Waals surface area contributed by atoms with E-state index >= 15 is 0 Å². The van der Waals surface area contributed by atoms with E-state index in [2.05, 4.69) is 31.4 Å². The topological polar surface area (TPSA) is 201 Å². The van der Waals surface area contributed by atoms with Gasteiger partial charge in [-0.15, -0.1) is 0 Å². The summed E-state index contributed by atoms with van der Waals surface area (Å²) in [6.07, 6.45) is 1.32. The van der Waals surface area contributed by atoms with Crippen LogP contribution < -0.4 is 19.6 Å². The normalized spacial score (nSPS) is 10.7. The van der Waals surface area contributed by atoms with Crippen molar-refractivity contribution >= 4 is 62.0 Å². The van der Waals surface area contributed by atoms with Crippen LogP contribution in [0.1, 0.15) is 22.4 Å². The van der Waals surface area contributed by atoms with Crippen LogP contribution in [0, 0.1) is 42.1 Å². The average molecular weight is 755 g/mol. The summed E-state index contributed by atoms with van der Waals surface area (Å²) in [5, 5.41) is 35.9. The van der Waals surface area contributed by atoms with E-state index in [9.17, 15) is 30.3 Å². The van der Waals surface area contributed by atoms with Gasteiger partial charge in [-0.1, -0.05) is 0 Å². The number of halogens is 2. The highest BCUT2D eigenvalue weighted by molar-refractivity contribution is 14.1. The van der Waals surface area contributed by atoms with Gasteiger partial charge in [0, 0.05) is 23.2 Å². The molecular weight excluding hydrogens is 735 g/mol. The summed E-state index contributed by atoms with van der Waals surface area (Å²) >= 11 is 5.30. The average Bonchev–Trinajstić information content (AvgIpc) is 2.95. The van der Waals surface area contributed by atoms with E-state index in [4.69, 9.17) is 18.9 Å². The Morgan fingerprint density at radius 2 is 1.95 bits per heavy atom. The Morgan fingerprint density at radius 3 is 2.57 bits per heavy atom. The molecule has 0 radical (unpaired) electrons. The van der Waals surface area contributed by atoms with Gasteiger partial charge in [0.1, 0.15) is 11.6 Å². The van der Waals surface area contributed by atoms with E-state index in [-0.39, 0.29) is 35.3 Å². The lowest BCUT2D eigenvalue weighted by atomic mass is 10.1. The summed E-state index contributed by atoms with van der Waals surface area (Å²) in [4.78, 5) is 37.5. The molecule has 0 aliphatic rings. The maximum atomic E-state index is 12.3. The Hall–Kier alpha value is -4.41. The minimum absolute atomic E-state index is 0.0208. The fourth-order valence-electron chi connectivity index (χ4n) is 3.43. The number of hydrazone groups is 1. The molecule has 15 nitrogen and oxygen atoms in total. The summed E-state index contributed by atoms with van der Waals surface area (Å²) < 4.78 is 22.8. The number of nitro benzene ring substituents is 2. The van der Waals surface area contributed by atoms with E-state index in [0.717, 1.165) is 18.2 Å². The molecule has 0 unspecified atom stereocenters. The number of benzene rings is 2. The number of pyridine rings is 1. The lowest BCUT2D eigenvalue weighted by Gasteiger charge is -2.13. The van der Waals surface area contributed by atoms with Crippen molar-refractivity contribution in [1.29, 1.82) is 5.26 Å². The Balaban J connectivity index is 1.73. The van der Waals surface area contributed by atoms with Gasteiger partial charge in [0.2, 0.25) is 11.6 Å². The van der Waals surface area contributed by atoms with Gasteiger partial charge in [0.15, 0.2) is 18.1 Å². The summed E-state index contributed by atoms with van der Waals surface area (Å²) in [5.74, 6) is -0.563. The molecule has 0 fully saturated rings. The van der Waals surface area contributed by atoms with E-state index in [1.54, 1.807) is 13.0 Å². The van der Waals surface area contributed by atoms with Crippen molar-refractivity contribution in [3.05, 3.63) is 81.0 Å². The van der Waals surface area contributed by atoms with Gasteiger partial charge in [-0.25, -0.2) is 10.4 Å². The number of carbonyl (C=O) groups is 1. The summed E-state index contributed by atoms with van der Waals surface area (Å²) in [7, 11) is 2.84. The fraction of sp³-hybridized carbons (Fsp3) is 0.200. The van der Waals surface area contributed by atoms with Crippen molar-refractivity contribution < 1.29 is 33.6 Å². The number of nitrogens with zero attached hydrogens (tertiary/aromatic N) is 5. The van der Waals surface area contributed by atoms with E-state index < -0.39 is 33.7 Å². The van der Waals surface area contributed by atoms with Crippen molar-refractivity contribution in [1.82, 2.24) is 10.4 Å². The van der Waals surface area contributed by atoms with Gasteiger partial charge in [-0.2, -0.15) is 10.4 Å². The lowest BCUT2D eigenvalue weighted by Crippen LogP contribution is -2.25. The quantitative estimate of drug-likeness (QED) is 0.114. The second-order valence-electron chi connectivity index (χ2n) is 8.10. The first-order chi connectivity index (χ1) is 20.0. The Bertz CT molecular complexity index is 1630. The summed E-state index contributed by atoms with van der Waals surface area (Å²) in [6.45, 7) is 1.37. The van der Waals surface area contributed by atoms with Crippen molar-refractivity contribution in [2.75, 3.05) is 20.8 Å². The van der Waals surface area contributed by atoms with Crippen molar-refractivity contribution in [3.8, 4) is 29.2 Å². The number of nitrogens with one attached hydrogen (secondary N) is 1. The van der Waals surface area contributed by atoms with Gasteiger partial charge in [0.25, 0.3) is 11.6 Å². The molecule has 0 atom stereocenters. The van der Waals surface area contributed by atoms with Gasteiger partial charge < -0.3 is 18.9 Å². The van der Waals surface area contributed by atoms with Crippen LogP contribution in [-0.2, 0) is 16.1 Å². The first kappa shape index (κ1) is 32.1. The lowest BCUT2D eigenvalue weighted by molar-refractivity contribution is -0.394. The molecule has 3 rings (SSSR count). The molecule has 218 valence electrons. The first-order valence-electron chi connectivity index (χ1n) is 11.5. The fourth-order valence-corrected chi connectivity index (χ4v) is 4.57. The number of aryl methyl sites for hydroxylation is 1. The zero-order chi connectivity index (χ0) is 31.0. The maximum Gasteiger partial charge on any atom is 0.318 e. The minimum Gasteiger partial charge on any atom is -0.493 e. The SMILES string of the molecule is COCc1c(Br)c(C)nc(OCC(=O)N/N=C/c2cc(I)c(Oc3ccc([N+](=O)[O-])cc3[N+](=O)[O-])c(OC)c2)c1C#N. The number of hydrogen-bond acceptors (Lipinski definition) is 12. The summed E-state index contributed by atoms with van der Waals surface area (Å²) in [5.41, 5.74) is 2.95. The van der Waals surface area contributed by atoms with Crippen LogP contribution in [0.5, 0.6) is 23.1 Å². The Labute approximate surface area is 260 Å². The number of nitro groups is 2. The predicted molar refractivity (Wildman–Crippen MR) is 159 cm³/mol. The molecule has 1 N–H and O–H groups in total. The van der Waals surface area contributed by atoms with Crippen LogP contribution >= 0.6 is 38.5 Å². The molecule has 42 heavy (non-hydrogen) atoms. The van der Waals surface area contributed by atoms with Crippen LogP contribution in [0.15, 0.2) is 39.9 Å². The number of hydrogen-bond donors (Lipinski definition) is 1. The standard InChI is InChI=1S/C25H20BrIN6O9/c1-13-23(26)17(11-39-2)16(9-28)25(30-13)41-12-22(34)31-29-10-14-6-18(27)24(21(7-14)40-3)42-20-5-4-15(32(35)36)8-19(20)33(37)38/h4-8,10H,11-12H2,1-3H3,(H,31,34)/b29-10+. The number of ether oxygens (including phenoxy) is 4. The van der Waals surface area contributed by atoms with Gasteiger partial charge in [-0.05, 0) is 69.2 Å². The first-order valence-corrected chi connectivity index (χ1v) is 13.4. The molecular formula is C25H20BrIN6O9. The number of carbonyl (C=O) groups excluding carboxylic acids is 1. The second-order valence-corrected chi connectivity index (χ2v) is 10.1. The molecule has 1 heterocycles. The molecule has 0 saturated carbocycles. The predicted octanol–water partition coefficient (Wildman–Crippen LogP) is 4.92. The highest BCUT2D eigenvalue weighted by Gasteiger charge is 2.23. The number of non-ortho nitro benzene ring substituents is 1. The third kappa shape index (κ3) is 7.65. The third-order valence-corrected chi connectivity index (χ3v) is 7.18. The number of methoxy groups -OCH3 is 2. The van der Waals surface area contributed by atoms with Crippen LogP contribution in [0.25, 0.3) is 0 Å².